The summed E-state index contributed by atoms with van der Waals surface area (Å²) < 4.78 is 21.4. The number of hydrogen-bond donors (Lipinski definition) is 2. The van der Waals surface area contributed by atoms with Crippen LogP contribution in [0.2, 0.25) is 0 Å². The average Bonchev–Trinajstić information content (AvgIpc) is 3.46. The van der Waals surface area contributed by atoms with Crippen LogP contribution in [0.15, 0.2) is 53.3 Å². The monoisotopic (exact) mass is 464 g/mol. The summed E-state index contributed by atoms with van der Waals surface area (Å²) in [6.07, 6.45) is 6.43. The van der Waals surface area contributed by atoms with Gasteiger partial charge in [-0.2, -0.15) is 0 Å². The lowest BCUT2D eigenvalue weighted by Gasteiger charge is -2.09. The van der Waals surface area contributed by atoms with Crippen molar-refractivity contribution < 1.29 is 13.6 Å². The van der Waals surface area contributed by atoms with E-state index in [1.165, 1.54) is 30.1 Å². The molecule has 178 valence electrons. The number of para-hydroxylation sites is 2. The first-order chi connectivity index (χ1) is 16.7. The Morgan fingerprint density at radius 3 is 2.82 bits per heavy atom. The van der Waals surface area contributed by atoms with Crippen molar-refractivity contribution in [1.82, 2.24) is 30.2 Å². The van der Waals surface area contributed by atoms with Crippen LogP contribution in [0.3, 0.4) is 0 Å². The summed E-state index contributed by atoms with van der Waals surface area (Å²) in [4.78, 5) is 25.2. The van der Waals surface area contributed by atoms with Gasteiger partial charge in [0.05, 0.1) is 23.3 Å². The van der Waals surface area contributed by atoms with Gasteiger partial charge < -0.3 is 19.6 Å². The molecule has 1 amide bonds. The first-order valence-electron chi connectivity index (χ1n) is 11.6. The number of aryl methyl sites for hydroxylation is 1. The molecule has 0 spiro atoms. The van der Waals surface area contributed by atoms with Crippen LogP contribution in [0.25, 0.3) is 11.0 Å². The van der Waals surface area contributed by atoms with Crippen LogP contribution in [0.4, 0.5) is 4.39 Å². The van der Waals surface area contributed by atoms with E-state index >= 15 is 0 Å². The largest absolute Gasteiger partial charge is 0.448 e. The lowest BCUT2D eigenvalue weighted by atomic mass is 10.3. The van der Waals surface area contributed by atoms with E-state index in [-0.39, 0.29) is 17.9 Å². The number of amides is 1. The smallest absolute Gasteiger partial charge is 0.273 e. The minimum Gasteiger partial charge on any atom is -0.448 e. The molecule has 0 aliphatic carbocycles. The van der Waals surface area contributed by atoms with E-state index in [0.29, 0.717) is 18.9 Å². The molecule has 2 N–H and O–H groups in total. The maximum absolute atomic E-state index is 13.6. The molecule has 3 aromatic heterocycles. The molecular formula is C25H29FN6O2. The number of fused-ring (bicyclic) bond motifs is 1. The van der Waals surface area contributed by atoms with Crippen LogP contribution in [-0.2, 0) is 25.9 Å². The van der Waals surface area contributed by atoms with Crippen molar-refractivity contribution in [3.63, 3.8) is 0 Å². The van der Waals surface area contributed by atoms with Gasteiger partial charge in [-0.05, 0) is 30.7 Å². The Balaban J connectivity index is 1.23. The summed E-state index contributed by atoms with van der Waals surface area (Å²) in [7, 11) is 0. The maximum Gasteiger partial charge on any atom is 0.273 e. The van der Waals surface area contributed by atoms with Gasteiger partial charge in [0, 0.05) is 38.7 Å². The molecule has 0 fully saturated rings. The van der Waals surface area contributed by atoms with E-state index in [1.54, 1.807) is 0 Å². The number of nitrogens with one attached hydrogen (secondary N) is 2. The van der Waals surface area contributed by atoms with Crippen molar-refractivity contribution in [3.8, 4) is 0 Å². The van der Waals surface area contributed by atoms with E-state index in [0.717, 1.165) is 43.7 Å². The van der Waals surface area contributed by atoms with Crippen LogP contribution >= 0.6 is 0 Å². The topological polar surface area (TPSA) is 97.9 Å². The molecular weight excluding hydrogens is 435 g/mol. The number of hydrogen-bond acceptors (Lipinski definition) is 6. The number of carbonyl (C=O) groups excluding carboxylic acids is 1. The number of imidazole rings is 1. The highest BCUT2D eigenvalue weighted by atomic mass is 19.1. The first kappa shape index (κ1) is 23.6. The van der Waals surface area contributed by atoms with E-state index in [1.807, 2.05) is 6.07 Å². The Bertz CT molecular complexity index is 1240. The molecule has 4 rings (SSSR count). The van der Waals surface area contributed by atoms with Gasteiger partial charge in [0.25, 0.3) is 5.91 Å². The molecule has 0 radical (unpaired) electrons. The van der Waals surface area contributed by atoms with Gasteiger partial charge in [-0.25, -0.2) is 14.4 Å². The summed E-state index contributed by atoms with van der Waals surface area (Å²) in [6.45, 7) is 4.59. The van der Waals surface area contributed by atoms with E-state index in [9.17, 15) is 9.18 Å². The second-order valence-corrected chi connectivity index (χ2v) is 8.01. The zero-order valence-corrected chi connectivity index (χ0v) is 19.3. The summed E-state index contributed by atoms with van der Waals surface area (Å²) in [5.41, 5.74) is 2.55. The zero-order valence-electron chi connectivity index (χ0n) is 19.3. The van der Waals surface area contributed by atoms with Crippen molar-refractivity contribution in [2.45, 2.75) is 45.7 Å². The highest BCUT2D eigenvalue weighted by Crippen LogP contribution is 2.17. The van der Waals surface area contributed by atoms with Crippen molar-refractivity contribution in [1.29, 1.82) is 0 Å². The summed E-state index contributed by atoms with van der Waals surface area (Å²) in [6, 6.07) is 11.0. The Kier molecular flexibility index (Phi) is 7.98. The molecule has 9 heteroatoms. The second-order valence-electron chi connectivity index (χ2n) is 8.01. The summed E-state index contributed by atoms with van der Waals surface area (Å²) in [5, 5.41) is 6.00. The fourth-order valence-corrected chi connectivity index (χ4v) is 3.74. The number of aromatic nitrogens is 4. The van der Waals surface area contributed by atoms with E-state index in [2.05, 4.69) is 50.3 Å². The summed E-state index contributed by atoms with van der Waals surface area (Å²) >= 11 is 0. The van der Waals surface area contributed by atoms with Crippen molar-refractivity contribution in [3.05, 3.63) is 77.8 Å². The fourth-order valence-electron chi connectivity index (χ4n) is 3.74. The molecule has 0 bridgehead atoms. The van der Waals surface area contributed by atoms with Gasteiger partial charge in [0.2, 0.25) is 0 Å². The van der Waals surface area contributed by atoms with Gasteiger partial charge in [-0.15, -0.1) is 0 Å². The minimum absolute atomic E-state index is 0.0156. The molecule has 0 saturated heterocycles. The maximum atomic E-state index is 13.6. The number of oxazole rings is 1. The van der Waals surface area contributed by atoms with Gasteiger partial charge in [-0.3, -0.25) is 9.78 Å². The summed E-state index contributed by atoms with van der Waals surface area (Å²) in [5.74, 6) is 0.660. The molecule has 3 heterocycles. The Morgan fingerprint density at radius 1 is 1.12 bits per heavy atom. The standard InChI is InChI=1S/C25H29FN6O2/c1-2-3-15-32-22-9-5-4-8-19(22)30-23(32)10-13-27-14-11-24-31-21(17-34-24)25(33)29-16-20-18(26)7-6-12-28-20/h4-9,12,17,27H,2-3,10-11,13-16H2,1H3,(H,29,33). The van der Waals surface area contributed by atoms with Gasteiger partial charge >= 0.3 is 0 Å². The highest BCUT2D eigenvalue weighted by Gasteiger charge is 2.14. The molecule has 8 nitrogen and oxygen atoms in total. The Labute approximate surface area is 197 Å². The normalized spacial score (nSPS) is 11.2. The predicted octanol–water partition coefficient (Wildman–Crippen LogP) is 3.66. The third-order valence-electron chi connectivity index (χ3n) is 5.55. The number of rotatable bonds is 12. The number of unbranched alkanes of at least 4 members (excludes halogenated alkanes) is 1. The van der Waals surface area contributed by atoms with Gasteiger partial charge in [0.1, 0.15) is 17.9 Å². The molecule has 0 aliphatic rings. The van der Waals surface area contributed by atoms with E-state index < -0.39 is 11.7 Å². The van der Waals surface area contributed by atoms with Crippen LogP contribution in [0.1, 0.15) is 47.7 Å². The molecule has 0 atom stereocenters. The van der Waals surface area contributed by atoms with Crippen molar-refractivity contribution in [2.75, 3.05) is 13.1 Å². The zero-order chi connectivity index (χ0) is 23.8. The molecule has 1 aromatic carbocycles. The number of halogens is 1. The number of pyridine rings is 1. The predicted molar refractivity (Wildman–Crippen MR) is 127 cm³/mol. The first-order valence-corrected chi connectivity index (χ1v) is 11.6. The molecule has 34 heavy (non-hydrogen) atoms. The lowest BCUT2D eigenvalue weighted by Crippen LogP contribution is -2.24. The van der Waals surface area contributed by atoms with Crippen molar-refractivity contribution >= 4 is 16.9 Å². The number of nitrogens with zero attached hydrogens (tertiary/aromatic N) is 4. The number of carbonyl (C=O) groups is 1. The molecule has 4 aromatic rings. The highest BCUT2D eigenvalue weighted by molar-refractivity contribution is 5.91. The SMILES string of the molecule is CCCCn1c(CCNCCc2nc(C(=O)NCc3ncccc3F)co2)nc2ccccc21. The molecule has 0 saturated carbocycles. The fraction of sp³-hybridized carbons (Fsp3) is 0.360. The lowest BCUT2D eigenvalue weighted by molar-refractivity contribution is 0.0945. The van der Waals surface area contributed by atoms with E-state index in [4.69, 9.17) is 9.40 Å². The van der Waals surface area contributed by atoms with Gasteiger partial charge in [-0.1, -0.05) is 25.5 Å². The number of benzene rings is 1. The van der Waals surface area contributed by atoms with Crippen LogP contribution in [0.5, 0.6) is 0 Å². The van der Waals surface area contributed by atoms with Crippen LogP contribution < -0.4 is 10.6 Å². The third kappa shape index (κ3) is 5.85. The average molecular weight is 465 g/mol. The molecule has 0 aliphatic heterocycles. The van der Waals surface area contributed by atoms with Gasteiger partial charge in [0.15, 0.2) is 11.6 Å². The van der Waals surface area contributed by atoms with Crippen LogP contribution in [0, 0.1) is 5.82 Å². The third-order valence-corrected chi connectivity index (χ3v) is 5.55. The second kappa shape index (κ2) is 11.5. The Hall–Kier alpha value is -3.59. The minimum atomic E-state index is -0.462. The van der Waals surface area contributed by atoms with Crippen molar-refractivity contribution in [2.24, 2.45) is 0 Å². The van der Waals surface area contributed by atoms with Crippen LogP contribution in [-0.4, -0.2) is 38.5 Å². The Morgan fingerprint density at radius 2 is 1.97 bits per heavy atom. The molecule has 0 unspecified atom stereocenters. The quantitative estimate of drug-likeness (QED) is 0.311.